The second-order valence-corrected chi connectivity index (χ2v) is 8.14. The second-order valence-electron chi connectivity index (χ2n) is 4.94. The van der Waals surface area contributed by atoms with Crippen LogP contribution >= 0.6 is 67.8 Å². The van der Waals surface area contributed by atoms with Crippen LogP contribution in [-0.4, -0.2) is 17.6 Å². The highest BCUT2D eigenvalue weighted by atomic mass is 127. The van der Waals surface area contributed by atoms with Crippen LogP contribution in [0.1, 0.15) is 30.9 Å². The highest BCUT2D eigenvalue weighted by molar-refractivity contribution is 14.1. The maximum absolute atomic E-state index is 5.60. The van der Waals surface area contributed by atoms with Crippen LogP contribution in [0.5, 0.6) is 11.5 Å². The van der Waals surface area contributed by atoms with E-state index in [1.165, 1.54) is 18.3 Å². The van der Waals surface area contributed by atoms with Crippen molar-refractivity contribution in [3.05, 3.63) is 54.7 Å². The Bertz CT molecular complexity index is 603. The lowest BCUT2D eigenvalue weighted by molar-refractivity contribution is 0.340. The van der Waals surface area contributed by atoms with Crippen molar-refractivity contribution in [2.45, 2.75) is 19.8 Å². The number of alkyl halides is 1. The Morgan fingerprint density at radius 1 is 0.826 bits per heavy atom. The van der Waals surface area contributed by atoms with Gasteiger partial charge < -0.3 is 9.47 Å². The Balaban J connectivity index is 2.36. The molecule has 124 valence electrons. The molecule has 0 saturated heterocycles. The molecular formula is C18H19I3O2. The summed E-state index contributed by atoms with van der Waals surface area (Å²) in [5.74, 6) is 2.25. The van der Waals surface area contributed by atoms with E-state index in [0.29, 0.717) is 19.1 Å². The molecule has 0 saturated carbocycles. The predicted octanol–water partition coefficient (Wildman–Crippen LogP) is 6.26. The van der Waals surface area contributed by atoms with Crippen LogP contribution in [0.3, 0.4) is 0 Å². The summed E-state index contributed by atoms with van der Waals surface area (Å²) in [6.07, 6.45) is 0. The Labute approximate surface area is 179 Å². The zero-order valence-electron chi connectivity index (χ0n) is 13.1. The minimum absolute atomic E-state index is 0.376. The van der Waals surface area contributed by atoms with Gasteiger partial charge in [0.15, 0.2) is 0 Å². The van der Waals surface area contributed by atoms with Crippen LogP contribution in [-0.2, 0) is 0 Å². The van der Waals surface area contributed by atoms with Gasteiger partial charge in [0.2, 0.25) is 0 Å². The van der Waals surface area contributed by atoms with Crippen molar-refractivity contribution < 1.29 is 9.47 Å². The Morgan fingerprint density at radius 3 is 1.57 bits per heavy atom. The van der Waals surface area contributed by atoms with Crippen molar-refractivity contribution in [3.63, 3.8) is 0 Å². The van der Waals surface area contributed by atoms with Crippen LogP contribution < -0.4 is 9.47 Å². The fourth-order valence-corrected chi connectivity index (χ4v) is 5.10. The van der Waals surface area contributed by atoms with Crippen molar-refractivity contribution in [1.29, 1.82) is 0 Å². The minimum atomic E-state index is 0.376. The van der Waals surface area contributed by atoms with E-state index in [-0.39, 0.29) is 0 Å². The van der Waals surface area contributed by atoms with Crippen molar-refractivity contribution in [2.24, 2.45) is 0 Å². The first-order valence-electron chi connectivity index (χ1n) is 7.51. The van der Waals surface area contributed by atoms with Gasteiger partial charge in [-0.05, 0) is 94.4 Å². The lowest BCUT2D eigenvalue weighted by Crippen LogP contribution is -2.07. The molecule has 0 amide bonds. The standard InChI is InChI=1S/C18H19I3O2/c1-3-22-12-5-7-14(17(20)9-12)16(11-19)15-8-6-13(23-4-2)10-18(15)21/h5-10,16H,3-4,11H2,1-2H3. The fourth-order valence-electron chi connectivity index (χ4n) is 2.43. The zero-order chi connectivity index (χ0) is 16.8. The molecule has 0 atom stereocenters. The average molecular weight is 648 g/mol. The van der Waals surface area contributed by atoms with Gasteiger partial charge in [-0.1, -0.05) is 34.7 Å². The Morgan fingerprint density at radius 2 is 1.26 bits per heavy atom. The van der Waals surface area contributed by atoms with Gasteiger partial charge >= 0.3 is 0 Å². The second kappa shape index (κ2) is 9.65. The molecule has 0 N–H and O–H groups in total. The molecular weight excluding hydrogens is 629 g/mol. The molecule has 0 bridgehead atoms. The number of hydrogen-bond acceptors (Lipinski definition) is 2. The number of halogens is 3. The van der Waals surface area contributed by atoms with Gasteiger partial charge in [0.1, 0.15) is 11.5 Å². The number of ether oxygens (including phenoxy) is 2. The van der Waals surface area contributed by atoms with Gasteiger partial charge in [-0.15, -0.1) is 0 Å². The van der Waals surface area contributed by atoms with E-state index in [2.05, 4.69) is 104 Å². The summed E-state index contributed by atoms with van der Waals surface area (Å²) < 4.78 is 14.7. The Hall–Kier alpha value is 0.230. The van der Waals surface area contributed by atoms with Gasteiger partial charge in [-0.3, -0.25) is 0 Å². The van der Waals surface area contributed by atoms with Crippen molar-refractivity contribution in [2.75, 3.05) is 17.6 Å². The third-order valence-corrected chi connectivity index (χ3v) is 6.22. The lowest BCUT2D eigenvalue weighted by Gasteiger charge is -2.20. The molecule has 0 aliphatic carbocycles. The summed E-state index contributed by atoms with van der Waals surface area (Å²) in [5, 5.41) is 0. The van der Waals surface area contributed by atoms with Gasteiger partial charge in [0.25, 0.3) is 0 Å². The molecule has 2 aromatic carbocycles. The molecule has 0 radical (unpaired) electrons. The smallest absolute Gasteiger partial charge is 0.120 e. The quantitative estimate of drug-likeness (QED) is 0.261. The monoisotopic (exact) mass is 648 g/mol. The van der Waals surface area contributed by atoms with E-state index in [1.807, 2.05) is 13.8 Å². The highest BCUT2D eigenvalue weighted by Gasteiger charge is 2.19. The molecule has 23 heavy (non-hydrogen) atoms. The number of hydrogen-bond donors (Lipinski definition) is 0. The maximum atomic E-state index is 5.60. The summed E-state index contributed by atoms with van der Waals surface area (Å²) in [4.78, 5) is 0. The molecule has 2 aromatic rings. The molecule has 2 rings (SSSR count). The fraction of sp³-hybridized carbons (Fsp3) is 0.333. The highest BCUT2D eigenvalue weighted by Crippen LogP contribution is 2.35. The van der Waals surface area contributed by atoms with Crippen molar-refractivity contribution in [1.82, 2.24) is 0 Å². The summed E-state index contributed by atoms with van der Waals surface area (Å²) in [6.45, 7) is 5.41. The van der Waals surface area contributed by atoms with Crippen LogP contribution in [0.15, 0.2) is 36.4 Å². The van der Waals surface area contributed by atoms with Crippen molar-refractivity contribution in [3.8, 4) is 11.5 Å². The SMILES string of the molecule is CCOc1ccc(C(CI)c2ccc(OCC)cc2I)c(I)c1. The first-order chi connectivity index (χ1) is 11.1. The number of rotatable bonds is 7. The topological polar surface area (TPSA) is 18.5 Å². The van der Waals surface area contributed by atoms with Crippen molar-refractivity contribution >= 4 is 67.8 Å². The first kappa shape index (κ1) is 19.6. The number of benzene rings is 2. The minimum Gasteiger partial charge on any atom is -0.494 e. The van der Waals surface area contributed by atoms with Crippen LogP contribution in [0, 0.1) is 7.14 Å². The third-order valence-electron chi connectivity index (χ3n) is 3.47. The summed E-state index contributed by atoms with van der Waals surface area (Å²) >= 11 is 7.30. The molecule has 0 unspecified atom stereocenters. The average Bonchev–Trinajstić information content (AvgIpc) is 2.52. The molecule has 2 nitrogen and oxygen atoms in total. The largest absolute Gasteiger partial charge is 0.494 e. The van der Waals surface area contributed by atoms with E-state index in [9.17, 15) is 0 Å². The summed E-state index contributed by atoms with van der Waals surface area (Å²) in [5.41, 5.74) is 2.70. The first-order valence-corrected chi connectivity index (χ1v) is 11.2. The van der Waals surface area contributed by atoms with E-state index >= 15 is 0 Å². The maximum Gasteiger partial charge on any atom is 0.120 e. The summed E-state index contributed by atoms with van der Waals surface area (Å²) in [7, 11) is 0. The molecule has 5 heteroatoms. The van der Waals surface area contributed by atoms with Crippen LogP contribution in [0.25, 0.3) is 0 Å². The normalized spacial score (nSPS) is 10.9. The van der Waals surface area contributed by atoms with Gasteiger partial charge in [0, 0.05) is 17.5 Å². The molecule has 0 aliphatic heterocycles. The van der Waals surface area contributed by atoms with E-state index in [4.69, 9.17) is 9.47 Å². The van der Waals surface area contributed by atoms with Crippen LogP contribution in [0.4, 0.5) is 0 Å². The van der Waals surface area contributed by atoms with E-state index < -0.39 is 0 Å². The lowest BCUT2D eigenvalue weighted by atomic mass is 9.93. The predicted molar refractivity (Wildman–Crippen MR) is 121 cm³/mol. The third kappa shape index (κ3) is 5.10. The van der Waals surface area contributed by atoms with Gasteiger partial charge in [0.05, 0.1) is 13.2 Å². The summed E-state index contributed by atoms with van der Waals surface area (Å²) in [6, 6.07) is 12.8. The molecule has 0 aromatic heterocycles. The zero-order valence-corrected chi connectivity index (χ0v) is 19.6. The van der Waals surface area contributed by atoms with Gasteiger partial charge in [-0.2, -0.15) is 0 Å². The molecule has 0 aliphatic rings. The van der Waals surface area contributed by atoms with Crippen LogP contribution in [0.2, 0.25) is 0 Å². The van der Waals surface area contributed by atoms with E-state index in [0.717, 1.165) is 15.9 Å². The molecule has 0 spiro atoms. The molecule has 0 heterocycles. The Kier molecular flexibility index (Phi) is 8.20. The van der Waals surface area contributed by atoms with Gasteiger partial charge in [-0.25, -0.2) is 0 Å². The van der Waals surface area contributed by atoms with E-state index in [1.54, 1.807) is 0 Å². The molecule has 0 fully saturated rings.